The van der Waals surface area contributed by atoms with Crippen LogP contribution in [0.1, 0.15) is 16.1 Å². The van der Waals surface area contributed by atoms with Crippen LogP contribution in [-0.4, -0.2) is 15.9 Å². The third-order valence-corrected chi connectivity index (χ3v) is 4.17. The van der Waals surface area contributed by atoms with Gasteiger partial charge in [0, 0.05) is 27.6 Å². The summed E-state index contributed by atoms with van der Waals surface area (Å²) in [7, 11) is 0. The van der Waals surface area contributed by atoms with Gasteiger partial charge in [-0.25, -0.2) is 9.97 Å². The zero-order valence-corrected chi connectivity index (χ0v) is 14.8. The van der Waals surface area contributed by atoms with Crippen LogP contribution in [0.5, 0.6) is 0 Å². The average Bonchev–Trinajstić information content (AvgIpc) is 2.61. The van der Waals surface area contributed by atoms with E-state index in [2.05, 4.69) is 20.6 Å². The van der Waals surface area contributed by atoms with Crippen molar-refractivity contribution < 1.29 is 4.79 Å². The van der Waals surface area contributed by atoms with E-state index in [4.69, 9.17) is 23.2 Å². The molecule has 1 aromatic heterocycles. The van der Waals surface area contributed by atoms with Crippen LogP contribution in [0.2, 0.25) is 10.0 Å². The molecule has 0 aliphatic rings. The first-order valence-electron chi connectivity index (χ1n) is 7.45. The Labute approximate surface area is 155 Å². The summed E-state index contributed by atoms with van der Waals surface area (Å²) in [5, 5.41) is 7.08. The standard InChI is InChI=1S/C18H14Cl2N4O/c1-11-14(20)3-2-4-15(11)23-18-21-10-9-16(24-18)17(25)22-13-7-5-12(19)6-8-13/h2-10H,1H3,(H,22,25)(H,21,23,24). The van der Waals surface area contributed by atoms with Gasteiger partial charge in [-0.05, 0) is 55.0 Å². The van der Waals surface area contributed by atoms with Crippen molar-refractivity contribution in [3.63, 3.8) is 0 Å². The first-order chi connectivity index (χ1) is 12.0. The SMILES string of the molecule is Cc1c(Cl)cccc1Nc1nccc(C(=O)Nc2ccc(Cl)cc2)n1. The number of carbonyl (C=O) groups excluding carboxylic acids is 1. The number of carbonyl (C=O) groups is 1. The van der Waals surface area contributed by atoms with Gasteiger partial charge in [-0.2, -0.15) is 0 Å². The number of anilines is 3. The minimum atomic E-state index is -0.337. The van der Waals surface area contributed by atoms with Crippen LogP contribution in [0.3, 0.4) is 0 Å². The van der Waals surface area contributed by atoms with E-state index in [1.54, 1.807) is 36.4 Å². The van der Waals surface area contributed by atoms with Crippen LogP contribution in [0, 0.1) is 6.92 Å². The van der Waals surface area contributed by atoms with Gasteiger partial charge in [0.15, 0.2) is 0 Å². The summed E-state index contributed by atoms with van der Waals surface area (Å²) < 4.78 is 0. The molecule has 5 nitrogen and oxygen atoms in total. The number of benzene rings is 2. The Kier molecular flexibility index (Phi) is 5.16. The minimum Gasteiger partial charge on any atom is -0.324 e. The van der Waals surface area contributed by atoms with E-state index in [0.29, 0.717) is 21.7 Å². The van der Waals surface area contributed by atoms with Gasteiger partial charge < -0.3 is 10.6 Å². The van der Waals surface area contributed by atoms with Crippen LogP contribution in [0.15, 0.2) is 54.7 Å². The molecule has 0 unspecified atom stereocenters. The number of amides is 1. The van der Waals surface area contributed by atoms with Gasteiger partial charge in [-0.1, -0.05) is 29.3 Å². The second-order valence-electron chi connectivity index (χ2n) is 5.26. The van der Waals surface area contributed by atoms with Crippen molar-refractivity contribution in [2.24, 2.45) is 0 Å². The number of nitrogens with zero attached hydrogens (tertiary/aromatic N) is 2. The van der Waals surface area contributed by atoms with Crippen molar-refractivity contribution in [2.75, 3.05) is 10.6 Å². The molecule has 1 amide bonds. The van der Waals surface area contributed by atoms with Gasteiger partial charge in [0.1, 0.15) is 5.69 Å². The molecule has 126 valence electrons. The Balaban J connectivity index is 1.77. The summed E-state index contributed by atoms with van der Waals surface area (Å²) in [5.74, 6) is -0.0234. The highest BCUT2D eigenvalue weighted by Gasteiger charge is 2.10. The lowest BCUT2D eigenvalue weighted by Crippen LogP contribution is -2.14. The number of rotatable bonds is 4. The smallest absolute Gasteiger partial charge is 0.274 e. The molecule has 0 saturated carbocycles. The van der Waals surface area contributed by atoms with Crippen molar-refractivity contribution >= 4 is 46.4 Å². The van der Waals surface area contributed by atoms with Gasteiger partial charge in [-0.3, -0.25) is 4.79 Å². The van der Waals surface area contributed by atoms with E-state index in [1.165, 1.54) is 6.20 Å². The molecule has 3 aromatic rings. The second-order valence-corrected chi connectivity index (χ2v) is 6.11. The normalized spacial score (nSPS) is 10.4. The summed E-state index contributed by atoms with van der Waals surface area (Å²) in [6.07, 6.45) is 1.52. The zero-order chi connectivity index (χ0) is 17.8. The van der Waals surface area contributed by atoms with Crippen LogP contribution in [-0.2, 0) is 0 Å². The summed E-state index contributed by atoms with van der Waals surface area (Å²) in [4.78, 5) is 20.7. The molecule has 0 radical (unpaired) electrons. The highest BCUT2D eigenvalue weighted by atomic mass is 35.5. The third kappa shape index (κ3) is 4.26. The predicted octanol–water partition coefficient (Wildman–Crippen LogP) is 5.09. The second kappa shape index (κ2) is 7.51. The number of hydrogen-bond acceptors (Lipinski definition) is 4. The van der Waals surface area contributed by atoms with E-state index in [9.17, 15) is 4.79 Å². The van der Waals surface area contributed by atoms with Crippen molar-refractivity contribution in [2.45, 2.75) is 6.92 Å². The minimum absolute atomic E-state index is 0.243. The summed E-state index contributed by atoms with van der Waals surface area (Å²) in [6, 6.07) is 13.9. The van der Waals surface area contributed by atoms with Crippen molar-refractivity contribution in [1.82, 2.24) is 9.97 Å². The summed E-state index contributed by atoms with van der Waals surface area (Å²) in [6.45, 7) is 1.89. The molecule has 0 fully saturated rings. The lowest BCUT2D eigenvalue weighted by molar-refractivity contribution is 0.102. The van der Waals surface area contributed by atoms with E-state index >= 15 is 0 Å². The molecule has 3 rings (SSSR count). The van der Waals surface area contributed by atoms with Crippen molar-refractivity contribution in [3.8, 4) is 0 Å². The molecule has 0 saturated heterocycles. The summed E-state index contributed by atoms with van der Waals surface area (Å²) >= 11 is 11.9. The predicted molar refractivity (Wildman–Crippen MR) is 101 cm³/mol. The Bertz CT molecular complexity index is 913. The maximum absolute atomic E-state index is 12.3. The van der Waals surface area contributed by atoms with Gasteiger partial charge >= 0.3 is 0 Å². The molecule has 25 heavy (non-hydrogen) atoms. The molecule has 2 N–H and O–H groups in total. The molecule has 7 heteroatoms. The largest absolute Gasteiger partial charge is 0.324 e. The maximum atomic E-state index is 12.3. The van der Waals surface area contributed by atoms with E-state index in [1.807, 2.05) is 19.1 Å². The Morgan fingerprint density at radius 1 is 1.04 bits per heavy atom. The van der Waals surface area contributed by atoms with Gasteiger partial charge in [0.2, 0.25) is 5.95 Å². The molecule has 0 aliphatic heterocycles. The third-order valence-electron chi connectivity index (χ3n) is 3.50. The Morgan fingerprint density at radius 2 is 1.80 bits per heavy atom. The van der Waals surface area contributed by atoms with Gasteiger partial charge in [0.25, 0.3) is 5.91 Å². The Hall–Kier alpha value is -2.63. The highest BCUT2D eigenvalue weighted by molar-refractivity contribution is 6.31. The quantitative estimate of drug-likeness (QED) is 0.669. The molecular formula is C18H14Cl2N4O. The number of nitrogens with one attached hydrogen (secondary N) is 2. The molecule has 2 aromatic carbocycles. The highest BCUT2D eigenvalue weighted by Crippen LogP contribution is 2.25. The zero-order valence-electron chi connectivity index (χ0n) is 13.3. The Morgan fingerprint density at radius 3 is 2.56 bits per heavy atom. The molecule has 0 bridgehead atoms. The maximum Gasteiger partial charge on any atom is 0.274 e. The lowest BCUT2D eigenvalue weighted by atomic mass is 10.2. The number of hydrogen-bond donors (Lipinski definition) is 2. The van der Waals surface area contributed by atoms with Crippen molar-refractivity contribution in [3.05, 3.63) is 76.0 Å². The monoisotopic (exact) mass is 372 g/mol. The van der Waals surface area contributed by atoms with Crippen LogP contribution < -0.4 is 10.6 Å². The van der Waals surface area contributed by atoms with E-state index in [-0.39, 0.29) is 11.6 Å². The first-order valence-corrected chi connectivity index (χ1v) is 8.20. The number of halogens is 2. The molecule has 0 spiro atoms. The van der Waals surface area contributed by atoms with E-state index in [0.717, 1.165) is 11.3 Å². The van der Waals surface area contributed by atoms with Crippen LogP contribution in [0.4, 0.5) is 17.3 Å². The first kappa shape index (κ1) is 17.2. The van der Waals surface area contributed by atoms with Gasteiger partial charge in [0.05, 0.1) is 0 Å². The van der Waals surface area contributed by atoms with Crippen LogP contribution in [0.25, 0.3) is 0 Å². The molecular weight excluding hydrogens is 359 g/mol. The average molecular weight is 373 g/mol. The van der Waals surface area contributed by atoms with Crippen molar-refractivity contribution in [1.29, 1.82) is 0 Å². The number of aromatic nitrogens is 2. The molecule has 0 aliphatic carbocycles. The fourth-order valence-electron chi connectivity index (χ4n) is 2.14. The fourth-order valence-corrected chi connectivity index (χ4v) is 2.44. The topological polar surface area (TPSA) is 66.9 Å². The molecule has 1 heterocycles. The van der Waals surface area contributed by atoms with E-state index < -0.39 is 0 Å². The molecule has 0 atom stereocenters. The lowest BCUT2D eigenvalue weighted by Gasteiger charge is -2.10. The fraction of sp³-hybridized carbons (Fsp3) is 0.0556. The van der Waals surface area contributed by atoms with Crippen LogP contribution >= 0.6 is 23.2 Å². The summed E-state index contributed by atoms with van der Waals surface area (Å²) in [5.41, 5.74) is 2.53. The van der Waals surface area contributed by atoms with Gasteiger partial charge in [-0.15, -0.1) is 0 Å².